The lowest BCUT2D eigenvalue weighted by molar-refractivity contribution is -0.384. The van der Waals surface area contributed by atoms with Crippen molar-refractivity contribution in [2.24, 2.45) is 0 Å². The highest BCUT2D eigenvalue weighted by Crippen LogP contribution is 2.22. The average Bonchev–Trinajstić information content (AvgIpc) is 2.57. The van der Waals surface area contributed by atoms with Crippen LogP contribution in [-0.4, -0.2) is 24.6 Å². The molecule has 0 aromatic heterocycles. The molecule has 0 saturated heterocycles. The third-order valence-electron chi connectivity index (χ3n) is 3.35. The summed E-state index contributed by atoms with van der Waals surface area (Å²) in [6.07, 6.45) is 0. The molecule has 0 fully saturated rings. The maximum atomic E-state index is 10.6. The zero-order valence-electron chi connectivity index (χ0n) is 13.4. The number of halogens is 1. The molecular weight excluding hydrogens is 330 g/mol. The van der Waals surface area contributed by atoms with Crippen molar-refractivity contribution < 1.29 is 9.66 Å². The zero-order valence-corrected chi connectivity index (χ0v) is 14.2. The summed E-state index contributed by atoms with van der Waals surface area (Å²) in [6, 6.07) is 11.9. The van der Waals surface area contributed by atoms with Gasteiger partial charge in [0.05, 0.1) is 11.5 Å². The third-order valence-corrected chi connectivity index (χ3v) is 3.58. The number of hydrogen-bond donors (Lipinski definition) is 2. The quantitative estimate of drug-likeness (QED) is 0.408. The Hall–Kier alpha value is -2.31. The Labute approximate surface area is 145 Å². The predicted octanol–water partition coefficient (Wildman–Crippen LogP) is 3.85. The van der Waals surface area contributed by atoms with Crippen LogP contribution in [0.3, 0.4) is 0 Å². The standard InChI is InChI=1S/C17H20ClN3O3/c1-2-24-17-8-3-14(18)11-13(17)12-19-9-10-20-15-4-6-16(7-5-15)21(22)23/h3-8,11,19-20H,2,9-10,12H2,1H3. The van der Waals surface area contributed by atoms with Crippen LogP contribution in [0, 0.1) is 10.1 Å². The molecule has 0 heterocycles. The first-order chi connectivity index (χ1) is 11.6. The topological polar surface area (TPSA) is 76.4 Å². The second-order valence-electron chi connectivity index (χ2n) is 5.09. The average molecular weight is 350 g/mol. The van der Waals surface area contributed by atoms with Crippen molar-refractivity contribution in [1.29, 1.82) is 0 Å². The van der Waals surface area contributed by atoms with Gasteiger partial charge in [-0.25, -0.2) is 0 Å². The van der Waals surface area contributed by atoms with Crippen molar-refractivity contribution in [2.75, 3.05) is 25.0 Å². The van der Waals surface area contributed by atoms with E-state index >= 15 is 0 Å². The molecule has 7 heteroatoms. The fourth-order valence-electron chi connectivity index (χ4n) is 2.20. The van der Waals surface area contributed by atoms with Gasteiger partial charge in [-0.05, 0) is 37.3 Å². The number of ether oxygens (including phenoxy) is 1. The first-order valence-electron chi connectivity index (χ1n) is 7.70. The molecule has 0 radical (unpaired) electrons. The fourth-order valence-corrected chi connectivity index (χ4v) is 2.40. The zero-order chi connectivity index (χ0) is 17.4. The van der Waals surface area contributed by atoms with Crippen LogP contribution in [0.25, 0.3) is 0 Å². The number of non-ortho nitro benzene ring substituents is 1. The number of nitrogens with one attached hydrogen (secondary N) is 2. The number of benzene rings is 2. The molecule has 2 aromatic rings. The van der Waals surface area contributed by atoms with Crippen molar-refractivity contribution in [3.8, 4) is 5.75 Å². The summed E-state index contributed by atoms with van der Waals surface area (Å²) in [5.74, 6) is 0.831. The molecule has 0 aliphatic heterocycles. The first-order valence-corrected chi connectivity index (χ1v) is 8.08. The number of anilines is 1. The molecule has 6 nitrogen and oxygen atoms in total. The van der Waals surface area contributed by atoms with E-state index in [2.05, 4.69) is 10.6 Å². The Balaban J connectivity index is 1.77. The molecular formula is C17H20ClN3O3. The number of nitrogens with zero attached hydrogens (tertiary/aromatic N) is 1. The minimum Gasteiger partial charge on any atom is -0.494 e. The lowest BCUT2D eigenvalue weighted by Crippen LogP contribution is -2.22. The highest BCUT2D eigenvalue weighted by molar-refractivity contribution is 6.30. The molecule has 0 atom stereocenters. The van der Waals surface area contributed by atoms with Gasteiger partial charge in [-0.3, -0.25) is 10.1 Å². The van der Waals surface area contributed by atoms with Crippen LogP contribution in [0.5, 0.6) is 5.75 Å². The molecule has 24 heavy (non-hydrogen) atoms. The van der Waals surface area contributed by atoms with E-state index < -0.39 is 4.92 Å². The summed E-state index contributed by atoms with van der Waals surface area (Å²) < 4.78 is 5.58. The first kappa shape index (κ1) is 18.0. The van der Waals surface area contributed by atoms with E-state index in [9.17, 15) is 10.1 Å². The van der Waals surface area contributed by atoms with Crippen LogP contribution in [0.15, 0.2) is 42.5 Å². The predicted molar refractivity (Wildman–Crippen MR) is 95.9 cm³/mol. The Morgan fingerprint density at radius 2 is 1.92 bits per heavy atom. The van der Waals surface area contributed by atoms with Gasteiger partial charge in [-0.1, -0.05) is 11.6 Å². The second-order valence-corrected chi connectivity index (χ2v) is 5.53. The fraction of sp³-hybridized carbons (Fsp3) is 0.294. The SMILES string of the molecule is CCOc1ccc(Cl)cc1CNCCNc1ccc([N+](=O)[O-])cc1. The second kappa shape index (κ2) is 9.10. The molecule has 128 valence electrons. The number of hydrogen-bond acceptors (Lipinski definition) is 5. The molecule has 0 aliphatic rings. The van der Waals surface area contributed by atoms with Gasteiger partial charge < -0.3 is 15.4 Å². The number of nitro groups is 1. The van der Waals surface area contributed by atoms with E-state index in [-0.39, 0.29) is 5.69 Å². The van der Waals surface area contributed by atoms with Crippen molar-refractivity contribution in [3.63, 3.8) is 0 Å². The van der Waals surface area contributed by atoms with Gasteiger partial charge in [0.25, 0.3) is 5.69 Å². The summed E-state index contributed by atoms with van der Waals surface area (Å²) in [5, 5.41) is 17.8. The van der Waals surface area contributed by atoms with Gasteiger partial charge in [-0.15, -0.1) is 0 Å². The van der Waals surface area contributed by atoms with Gasteiger partial charge in [-0.2, -0.15) is 0 Å². The molecule has 0 bridgehead atoms. The van der Waals surface area contributed by atoms with Crippen molar-refractivity contribution in [1.82, 2.24) is 5.32 Å². The maximum Gasteiger partial charge on any atom is 0.269 e. The van der Waals surface area contributed by atoms with Gasteiger partial charge in [0.15, 0.2) is 0 Å². The van der Waals surface area contributed by atoms with E-state index in [0.717, 1.165) is 23.5 Å². The van der Waals surface area contributed by atoms with E-state index in [0.29, 0.717) is 24.7 Å². The summed E-state index contributed by atoms with van der Waals surface area (Å²) in [6.45, 7) is 4.63. The highest BCUT2D eigenvalue weighted by Gasteiger charge is 2.05. The van der Waals surface area contributed by atoms with Gasteiger partial charge in [0.1, 0.15) is 5.75 Å². The normalized spacial score (nSPS) is 10.4. The van der Waals surface area contributed by atoms with Crippen LogP contribution in [0.1, 0.15) is 12.5 Å². The van der Waals surface area contributed by atoms with Crippen molar-refractivity contribution >= 4 is 23.0 Å². The summed E-state index contributed by atoms with van der Waals surface area (Å²) in [7, 11) is 0. The van der Waals surface area contributed by atoms with Crippen LogP contribution >= 0.6 is 11.6 Å². The molecule has 2 rings (SSSR count). The minimum atomic E-state index is -0.410. The van der Waals surface area contributed by atoms with Crippen LogP contribution in [-0.2, 0) is 6.54 Å². The van der Waals surface area contributed by atoms with Crippen LogP contribution in [0.2, 0.25) is 5.02 Å². The third kappa shape index (κ3) is 5.40. The molecule has 0 amide bonds. The van der Waals surface area contributed by atoms with E-state index in [1.165, 1.54) is 12.1 Å². The Kier molecular flexibility index (Phi) is 6.84. The molecule has 2 N–H and O–H groups in total. The monoisotopic (exact) mass is 349 g/mol. The Morgan fingerprint density at radius 1 is 1.17 bits per heavy atom. The molecule has 0 spiro atoms. The smallest absolute Gasteiger partial charge is 0.269 e. The lowest BCUT2D eigenvalue weighted by Gasteiger charge is -2.12. The minimum absolute atomic E-state index is 0.0862. The molecule has 2 aromatic carbocycles. The number of nitro benzene ring substituents is 1. The summed E-state index contributed by atoms with van der Waals surface area (Å²) in [4.78, 5) is 10.2. The Bertz CT molecular complexity index is 677. The van der Waals surface area contributed by atoms with Crippen molar-refractivity contribution in [3.05, 3.63) is 63.2 Å². The number of rotatable bonds is 9. The molecule has 0 unspecified atom stereocenters. The highest BCUT2D eigenvalue weighted by atomic mass is 35.5. The van der Waals surface area contributed by atoms with Gasteiger partial charge >= 0.3 is 0 Å². The summed E-state index contributed by atoms with van der Waals surface area (Å²) >= 11 is 6.03. The lowest BCUT2D eigenvalue weighted by atomic mass is 10.2. The van der Waals surface area contributed by atoms with Crippen LogP contribution < -0.4 is 15.4 Å². The largest absolute Gasteiger partial charge is 0.494 e. The molecule has 0 saturated carbocycles. The van der Waals surface area contributed by atoms with Crippen LogP contribution in [0.4, 0.5) is 11.4 Å². The maximum absolute atomic E-state index is 10.6. The van der Waals surface area contributed by atoms with E-state index in [4.69, 9.17) is 16.3 Å². The van der Waals surface area contributed by atoms with E-state index in [1.807, 2.05) is 25.1 Å². The Morgan fingerprint density at radius 3 is 2.58 bits per heavy atom. The van der Waals surface area contributed by atoms with Crippen molar-refractivity contribution in [2.45, 2.75) is 13.5 Å². The van der Waals surface area contributed by atoms with Gasteiger partial charge in [0.2, 0.25) is 0 Å². The van der Waals surface area contributed by atoms with E-state index in [1.54, 1.807) is 12.1 Å². The molecule has 0 aliphatic carbocycles. The summed E-state index contributed by atoms with van der Waals surface area (Å²) in [5.41, 5.74) is 1.95. The van der Waals surface area contributed by atoms with Gasteiger partial charge in [0, 0.05) is 48.0 Å².